The Kier molecular flexibility index (Phi) is 5.04. The van der Waals surface area contributed by atoms with E-state index in [1.54, 1.807) is 28.0 Å². The van der Waals surface area contributed by atoms with Gasteiger partial charge in [0.05, 0.1) is 29.7 Å². The number of aromatic nitrogens is 3. The van der Waals surface area contributed by atoms with E-state index < -0.39 is 17.2 Å². The predicted molar refractivity (Wildman–Crippen MR) is 120 cm³/mol. The summed E-state index contributed by atoms with van der Waals surface area (Å²) < 4.78 is 35.6. The van der Waals surface area contributed by atoms with Gasteiger partial charge in [0.1, 0.15) is 23.9 Å². The number of halogens is 2. The maximum absolute atomic E-state index is 13.8. The van der Waals surface area contributed by atoms with E-state index >= 15 is 0 Å². The van der Waals surface area contributed by atoms with Crippen molar-refractivity contribution in [1.29, 1.82) is 5.26 Å². The number of hydrogen-bond acceptors (Lipinski definition) is 6. The van der Waals surface area contributed by atoms with E-state index in [1.165, 1.54) is 12.1 Å². The summed E-state index contributed by atoms with van der Waals surface area (Å²) in [6.45, 7) is 1.18. The zero-order valence-electron chi connectivity index (χ0n) is 18.8. The Morgan fingerprint density at radius 2 is 1.86 bits per heavy atom. The third-order valence-electron chi connectivity index (χ3n) is 7.30. The summed E-state index contributed by atoms with van der Waals surface area (Å²) in [6, 6.07) is 10.8. The topological polar surface area (TPSA) is 87.3 Å². The number of benzene rings is 2. The molecule has 0 radical (unpaired) electrons. The molecule has 0 saturated carbocycles. The van der Waals surface area contributed by atoms with Crippen molar-refractivity contribution in [2.45, 2.75) is 43.6 Å². The van der Waals surface area contributed by atoms with Crippen molar-refractivity contribution < 1.29 is 18.3 Å². The lowest BCUT2D eigenvalue weighted by Gasteiger charge is -2.38. The monoisotopic (exact) mass is 476 g/mol. The lowest BCUT2D eigenvalue weighted by atomic mass is 9.89. The average molecular weight is 476 g/mol. The molecule has 1 aromatic heterocycles. The standard InChI is InChI=1S/C25H22F2N6O2/c26-18-11-17(12-19(27)13-18)21-3-4-23-33(21)24(34)25(35-23)5-8-31(9-6-25)20-2-1-16(15-28)22(14-20)32-10-7-29-30-32/h1-2,7,10-14,21,23H,3-6,8-9H2. The van der Waals surface area contributed by atoms with Gasteiger partial charge in [-0.3, -0.25) is 4.79 Å². The Morgan fingerprint density at radius 3 is 2.54 bits per heavy atom. The first-order chi connectivity index (χ1) is 17.0. The normalized spacial score (nSPS) is 23.1. The Balaban J connectivity index is 1.21. The van der Waals surface area contributed by atoms with Gasteiger partial charge in [0.15, 0.2) is 5.60 Å². The first-order valence-corrected chi connectivity index (χ1v) is 11.6. The molecule has 6 rings (SSSR count). The number of nitriles is 1. The van der Waals surface area contributed by atoms with Crippen LogP contribution in [0.3, 0.4) is 0 Å². The van der Waals surface area contributed by atoms with Gasteiger partial charge in [0.2, 0.25) is 0 Å². The highest BCUT2D eigenvalue weighted by molar-refractivity contribution is 5.88. The second kappa shape index (κ2) is 8.13. The van der Waals surface area contributed by atoms with Gasteiger partial charge in [-0.25, -0.2) is 13.5 Å². The second-order valence-corrected chi connectivity index (χ2v) is 9.22. The van der Waals surface area contributed by atoms with E-state index in [0.29, 0.717) is 55.6 Å². The summed E-state index contributed by atoms with van der Waals surface area (Å²) in [5.41, 5.74) is 1.59. The molecule has 3 fully saturated rings. The maximum Gasteiger partial charge on any atom is 0.257 e. The number of hydrogen-bond donors (Lipinski definition) is 0. The summed E-state index contributed by atoms with van der Waals surface area (Å²) >= 11 is 0. The Morgan fingerprint density at radius 1 is 1.09 bits per heavy atom. The molecule has 1 amide bonds. The number of rotatable bonds is 3. The lowest BCUT2D eigenvalue weighted by molar-refractivity contribution is -0.140. The first kappa shape index (κ1) is 21.7. The molecule has 35 heavy (non-hydrogen) atoms. The molecule has 2 atom stereocenters. The fourth-order valence-electron chi connectivity index (χ4n) is 5.60. The van der Waals surface area contributed by atoms with Gasteiger partial charge in [-0.05, 0) is 48.7 Å². The molecule has 8 nitrogen and oxygen atoms in total. The summed E-state index contributed by atoms with van der Waals surface area (Å²) in [6.07, 6.45) is 5.11. The number of anilines is 1. The van der Waals surface area contributed by atoms with Crippen molar-refractivity contribution in [3.63, 3.8) is 0 Å². The minimum Gasteiger partial charge on any atom is -0.371 e. The van der Waals surface area contributed by atoms with Gasteiger partial charge in [-0.1, -0.05) is 5.21 Å². The Labute approximate surface area is 200 Å². The molecule has 2 unspecified atom stereocenters. The number of carbonyl (C=O) groups excluding carboxylic acids is 1. The molecule has 3 aromatic rings. The van der Waals surface area contributed by atoms with Crippen molar-refractivity contribution in [3.8, 4) is 11.8 Å². The van der Waals surface area contributed by atoms with Crippen LogP contribution < -0.4 is 4.90 Å². The zero-order chi connectivity index (χ0) is 24.2. The minimum absolute atomic E-state index is 0.0996. The van der Waals surface area contributed by atoms with Gasteiger partial charge >= 0.3 is 0 Å². The second-order valence-electron chi connectivity index (χ2n) is 9.22. The molecule has 2 aromatic carbocycles. The number of carbonyl (C=O) groups is 1. The third-order valence-corrected chi connectivity index (χ3v) is 7.30. The summed E-state index contributed by atoms with van der Waals surface area (Å²) in [5, 5.41) is 17.3. The first-order valence-electron chi connectivity index (χ1n) is 11.6. The van der Waals surface area contributed by atoms with Crippen molar-refractivity contribution in [3.05, 3.63) is 71.6 Å². The molecule has 4 heterocycles. The van der Waals surface area contributed by atoms with Crippen molar-refractivity contribution in [2.75, 3.05) is 18.0 Å². The Hall–Kier alpha value is -3.84. The quantitative estimate of drug-likeness (QED) is 0.575. The van der Waals surface area contributed by atoms with Crippen LogP contribution in [0, 0.1) is 23.0 Å². The van der Waals surface area contributed by atoms with Crippen LogP contribution in [-0.2, 0) is 9.53 Å². The predicted octanol–water partition coefficient (Wildman–Crippen LogP) is 3.48. The molecule has 0 N–H and O–H groups in total. The van der Waals surface area contributed by atoms with E-state index in [2.05, 4.69) is 21.3 Å². The van der Waals surface area contributed by atoms with E-state index in [0.717, 1.165) is 11.8 Å². The van der Waals surface area contributed by atoms with Crippen LogP contribution >= 0.6 is 0 Å². The molecule has 3 saturated heterocycles. The number of nitrogens with zero attached hydrogens (tertiary/aromatic N) is 6. The number of amides is 1. The van der Waals surface area contributed by atoms with Crippen LogP contribution in [0.5, 0.6) is 0 Å². The van der Waals surface area contributed by atoms with Gasteiger partial charge in [-0.2, -0.15) is 5.26 Å². The molecule has 10 heteroatoms. The van der Waals surface area contributed by atoms with Crippen LogP contribution in [0.2, 0.25) is 0 Å². The van der Waals surface area contributed by atoms with Crippen molar-refractivity contribution in [1.82, 2.24) is 19.9 Å². The van der Waals surface area contributed by atoms with Gasteiger partial charge in [0, 0.05) is 37.7 Å². The number of ether oxygens (including phenoxy) is 1. The van der Waals surface area contributed by atoms with E-state index in [4.69, 9.17) is 4.74 Å². The molecule has 0 bridgehead atoms. The molecule has 178 valence electrons. The van der Waals surface area contributed by atoms with Crippen molar-refractivity contribution >= 4 is 11.6 Å². The maximum atomic E-state index is 13.8. The fraction of sp³-hybridized carbons (Fsp3) is 0.360. The van der Waals surface area contributed by atoms with Crippen LogP contribution in [0.1, 0.15) is 42.9 Å². The van der Waals surface area contributed by atoms with E-state index in [1.807, 2.05) is 12.1 Å². The smallest absolute Gasteiger partial charge is 0.257 e. The summed E-state index contributed by atoms with van der Waals surface area (Å²) in [4.78, 5) is 17.4. The number of piperidine rings is 1. The molecular formula is C25H22F2N6O2. The van der Waals surface area contributed by atoms with Crippen LogP contribution in [0.4, 0.5) is 14.5 Å². The number of fused-ring (bicyclic) bond motifs is 1. The largest absolute Gasteiger partial charge is 0.371 e. The molecule has 1 spiro atoms. The SMILES string of the molecule is N#Cc1ccc(N2CCC3(CC2)OC2CCC(c4cc(F)cc(F)c4)N2C3=O)cc1-n1ccnn1. The summed E-state index contributed by atoms with van der Waals surface area (Å²) in [7, 11) is 0. The molecule has 3 aliphatic heterocycles. The van der Waals surface area contributed by atoms with Crippen LogP contribution in [-0.4, -0.2) is 50.7 Å². The zero-order valence-corrected chi connectivity index (χ0v) is 18.8. The van der Waals surface area contributed by atoms with Gasteiger partial charge < -0.3 is 14.5 Å². The van der Waals surface area contributed by atoms with Crippen LogP contribution in [0.15, 0.2) is 48.8 Å². The third kappa shape index (κ3) is 3.54. The van der Waals surface area contributed by atoms with Gasteiger partial charge in [-0.15, -0.1) is 5.10 Å². The summed E-state index contributed by atoms with van der Waals surface area (Å²) in [5.74, 6) is -1.39. The highest BCUT2D eigenvalue weighted by Crippen LogP contribution is 2.48. The molecular weight excluding hydrogens is 454 g/mol. The minimum atomic E-state index is -0.924. The molecule has 3 aliphatic rings. The van der Waals surface area contributed by atoms with Crippen LogP contribution in [0.25, 0.3) is 5.69 Å². The Bertz CT molecular complexity index is 1310. The fourth-order valence-corrected chi connectivity index (χ4v) is 5.60. The van der Waals surface area contributed by atoms with Crippen molar-refractivity contribution in [2.24, 2.45) is 0 Å². The highest BCUT2D eigenvalue weighted by atomic mass is 19.1. The van der Waals surface area contributed by atoms with Gasteiger partial charge in [0.25, 0.3) is 5.91 Å². The lowest BCUT2D eigenvalue weighted by Crippen LogP contribution is -2.50. The van der Waals surface area contributed by atoms with E-state index in [9.17, 15) is 18.8 Å². The molecule has 0 aliphatic carbocycles. The van der Waals surface area contributed by atoms with E-state index in [-0.39, 0.29) is 18.2 Å². The highest BCUT2D eigenvalue weighted by Gasteiger charge is 2.58. The average Bonchev–Trinajstić information content (AvgIpc) is 3.58.